The summed E-state index contributed by atoms with van der Waals surface area (Å²) in [5.74, 6) is 1.58. The van der Waals surface area contributed by atoms with Gasteiger partial charge in [-0.3, -0.25) is 4.79 Å². The van der Waals surface area contributed by atoms with Crippen LogP contribution in [0.25, 0.3) is 0 Å². The fourth-order valence-electron chi connectivity index (χ4n) is 2.19. The van der Waals surface area contributed by atoms with Gasteiger partial charge in [-0.2, -0.15) is 0 Å². The minimum absolute atomic E-state index is 0.0140. The first-order chi connectivity index (χ1) is 12.0. The maximum atomic E-state index is 11.7. The van der Waals surface area contributed by atoms with Crippen molar-refractivity contribution in [3.8, 4) is 5.75 Å². The molecule has 0 heterocycles. The van der Waals surface area contributed by atoms with Gasteiger partial charge in [0.15, 0.2) is 5.96 Å². The SMILES string of the molecule is CCCCNC(=NCC(=O)N(C)C)NCCc1ccc(C)c(OC)c1. The molecule has 0 unspecified atom stereocenters. The highest BCUT2D eigenvalue weighted by Gasteiger charge is 2.05. The van der Waals surface area contributed by atoms with Gasteiger partial charge in [-0.25, -0.2) is 4.99 Å². The Morgan fingerprint density at radius 3 is 2.60 bits per heavy atom. The standard InChI is InChI=1S/C19H32N4O2/c1-6-7-11-20-19(22-14-18(24)23(3)4)21-12-10-16-9-8-15(2)17(13-16)25-5/h8-9,13H,6-7,10-12,14H2,1-5H3,(H2,20,21,22). The average Bonchev–Trinajstić information content (AvgIpc) is 2.60. The Kier molecular flexibility index (Phi) is 9.43. The van der Waals surface area contributed by atoms with Gasteiger partial charge in [0.25, 0.3) is 0 Å². The van der Waals surface area contributed by atoms with Crippen molar-refractivity contribution >= 4 is 11.9 Å². The second-order valence-electron chi connectivity index (χ2n) is 6.21. The van der Waals surface area contributed by atoms with E-state index in [4.69, 9.17) is 4.74 Å². The molecule has 0 saturated carbocycles. The van der Waals surface area contributed by atoms with Gasteiger partial charge >= 0.3 is 0 Å². The van der Waals surface area contributed by atoms with E-state index < -0.39 is 0 Å². The number of hydrogen-bond acceptors (Lipinski definition) is 3. The molecule has 0 fully saturated rings. The Balaban J connectivity index is 2.58. The van der Waals surface area contributed by atoms with Gasteiger partial charge in [-0.1, -0.05) is 25.5 Å². The molecule has 0 aliphatic rings. The monoisotopic (exact) mass is 348 g/mol. The predicted molar refractivity (Wildman–Crippen MR) is 103 cm³/mol. The second kappa shape index (κ2) is 11.3. The fourth-order valence-corrected chi connectivity index (χ4v) is 2.19. The van der Waals surface area contributed by atoms with E-state index in [9.17, 15) is 4.79 Å². The highest BCUT2D eigenvalue weighted by molar-refractivity contribution is 5.84. The van der Waals surface area contributed by atoms with Gasteiger partial charge < -0.3 is 20.3 Å². The highest BCUT2D eigenvalue weighted by Crippen LogP contribution is 2.18. The number of aliphatic imine (C=N–C) groups is 1. The minimum Gasteiger partial charge on any atom is -0.496 e. The summed E-state index contributed by atoms with van der Waals surface area (Å²) in [6, 6.07) is 6.24. The van der Waals surface area contributed by atoms with Crippen molar-refractivity contribution in [2.45, 2.75) is 33.1 Å². The quantitative estimate of drug-likeness (QED) is 0.407. The van der Waals surface area contributed by atoms with Crippen LogP contribution in [-0.4, -0.2) is 57.6 Å². The number of likely N-dealkylation sites (N-methyl/N-ethyl adjacent to an activating group) is 1. The molecular formula is C19H32N4O2. The Morgan fingerprint density at radius 1 is 1.24 bits per heavy atom. The number of ether oxygens (including phenoxy) is 1. The van der Waals surface area contributed by atoms with E-state index in [2.05, 4.69) is 40.7 Å². The Bertz CT molecular complexity index is 571. The van der Waals surface area contributed by atoms with Crippen molar-refractivity contribution in [3.63, 3.8) is 0 Å². The maximum absolute atomic E-state index is 11.7. The summed E-state index contributed by atoms with van der Waals surface area (Å²) >= 11 is 0. The molecular weight excluding hydrogens is 316 g/mol. The van der Waals surface area contributed by atoms with Crippen molar-refractivity contribution in [2.75, 3.05) is 40.8 Å². The van der Waals surface area contributed by atoms with Crippen molar-refractivity contribution in [3.05, 3.63) is 29.3 Å². The summed E-state index contributed by atoms with van der Waals surface area (Å²) in [6.45, 7) is 5.90. The summed E-state index contributed by atoms with van der Waals surface area (Å²) in [7, 11) is 5.16. The molecule has 2 N–H and O–H groups in total. The van der Waals surface area contributed by atoms with Crippen LogP contribution >= 0.6 is 0 Å². The first-order valence-electron chi connectivity index (χ1n) is 8.83. The van der Waals surface area contributed by atoms with Gasteiger partial charge in [-0.05, 0) is 37.0 Å². The molecule has 0 radical (unpaired) electrons. The summed E-state index contributed by atoms with van der Waals surface area (Å²) in [4.78, 5) is 17.6. The van der Waals surface area contributed by atoms with E-state index >= 15 is 0 Å². The van der Waals surface area contributed by atoms with Crippen LogP contribution in [0.4, 0.5) is 0 Å². The van der Waals surface area contributed by atoms with Crippen LogP contribution in [0.15, 0.2) is 23.2 Å². The first kappa shape index (κ1) is 20.8. The third kappa shape index (κ3) is 7.92. The number of nitrogens with one attached hydrogen (secondary N) is 2. The Labute approximate surface area is 151 Å². The average molecular weight is 348 g/mol. The van der Waals surface area contributed by atoms with Crippen molar-refractivity contribution in [2.24, 2.45) is 4.99 Å². The summed E-state index contributed by atoms with van der Waals surface area (Å²) in [5, 5.41) is 6.58. The van der Waals surface area contributed by atoms with Crippen LogP contribution in [0.2, 0.25) is 0 Å². The molecule has 1 aromatic carbocycles. The largest absolute Gasteiger partial charge is 0.496 e. The molecule has 1 aromatic rings. The summed E-state index contributed by atoms with van der Waals surface area (Å²) < 4.78 is 5.37. The molecule has 0 spiro atoms. The van der Waals surface area contributed by atoms with Crippen molar-refractivity contribution in [1.82, 2.24) is 15.5 Å². The van der Waals surface area contributed by atoms with Crippen LogP contribution in [0.1, 0.15) is 30.9 Å². The van der Waals surface area contributed by atoms with E-state index in [-0.39, 0.29) is 12.5 Å². The highest BCUT2D eigenvalue weighted by atomic mass is 16.5. The number of hydrogen-bond donors (Lipinski definition) is 2. The number of amides is 1. The summed E-state index contributed by atoms with van der Waals surface area (Å²) in [6.07, 6.45) is 3.03. The van der Waals surface area contributed by atoms with Gasteiger partial charge in [0, 0.05) is 27.2 Å². The number of carbonyl (C=O) groups is 1. The van der Waals surface area contributed by atoms with E-state index in [1.165, 1.54) is 5.56 Å². The van der Waals surface area contributed by atoms with Crippen LogP contribution < -0.4 is 15.4 Å². The van der Waals surface area contributed by atoms with E-state index in [1.807, 2.05) is 6.92 Å². The third-order valence-electron chi connectivity index (χ3n) is 3.87. The molecule has 0 aromatic heterocycles. The zero-order valence-electron chi connectivity index (χ0n) is 16.2. The van der Waals surface area contributed by atoms with E-state index in [0.29, 0.717) is 5.96 Å². The molecule has 0 aliphatic heterocycles. The number of aryl methyl sites for hydroxylation is 1. The lowest BCUT2D eigenvalue weighted by atomic mass is 10.1. The van der Waals surface area contributed by atoms with E-state index in [1.54, 1.807) is 26.1 Å². The number of rotatable bonds is 9. The molecule has 25 heavy (non-hydrogen) atoms. The van der Waals surface area contributed by atoms with Crippen LogP contribution in [0.5, 0.6) is 5.75 Å². The zero-order valence-corrected chi connectivity index (χ0v) is 16.2. The molecule has 1 amide bonds. The molecule has 6 heteroatoms. The number of guanidine groups is 1. The topological polar surface area (TPSA) is 66.0 Å². The lowest BCUT2D eigenvalue weighted by Gasteiger charge is -2.14. The molecule has 1 rings (SSSR count). The first-order valence-corrected chi connectivity index (χ1v) is 8.83. The summed E-state index contributed by atoms with van der Waals surface area (Å²) in [5.41, 5.74) is 2.33. The smallest absolute Gasteiger partial charge is 0.243 e. The Hall–Kier alpha value is -2.24. The Morgan fingerprint density at radius 2 is 1.96 bits per heavy atom. The molecule has 0 bridgehead atoms. The number of benzene rings is 1. The molecule has 0 aliphatic carbocycles. The molecule has 6 nitrogen and oxygen atoms in total. The number of methoxy groups -OCH3 is 1. The van der Waals surface area contributed by atoms with Crippen LogP contribution in [0.3, 0.4) is 0 Å². The van der Waals surface area contributed by atoms with Crippen LogP contribution in [-0.2, 0) is 11.2 Å². The number of carbonyl (C=O) groups excluding carboxylic acids is 1. The zero-order chi connectivity index (χ0) is 18.7. The lowest BCUT2D eigenvalue weighted by Crippen LogP contribution is -2.40. The number of nitrogens with zero attached hydrogens (tertiary/aromatic N) is 2. The molecule has 140 valence electrons. The van der Waals surface area contributed by atoms with Crippen LogP contribution in [0, 0.1) is 6.92 Å². The minimum atomic E-state index is -0.0140. The molecule has 0 atom stereocenters. The second-order valence-corrected chi connectivity index (χ2v) is 6.21. The maximum Gasteiger partial charge on any atom is 0.243 e. The fraction of sp³-hybridized carbons (Fsp3) is 0.579. The van der Waals surface area contributed by atoms with E-state index in [0.717, 1.165) is 43.7 Å². The molecule has 0 saturated heterocycles. The number of unbranched alkanes of at least 4 members (excludes halogenated alkanes) is 1. The van der Waals surface area contributed by atoms with Gasteiger partial charge in [-0.15, -0.1) is 0 Å². The normalized spacial score (nSPS) is 11.2. The van der Waals surface area contributed by atoms with Crippen molar-refractivity contribution < 1.29 is 9.53 Å². The lowest BCUT2D eigenvalue weighted by molar-refractivity contribution is -0.127. The van der Waals surface area contributed by atoms with Crippen molar-refractivity contribution in [1.29, 1.82) is 0 Å². The van der Waals surface area contributed by atoms with Gasteiger partial charge in [0.1, 0.15) is 12.3 Å². The van der Waals surface area contributed by atoms with Gasteiger partial charge in [0.2, 0.25) is 5.91 Å². The van der Waals surface area contributed by atoms with Gasteiger partial charge in [0.05, 0.1) is 7.11 Å². The predicted octanol–water partition coefficient (Wildman–Crippen LogP) is 1.97. The third-order valence-corrected chi connectivity index (χ3v) is 3.87.